The van der Waals surface area contributed by atoms with Crippen molar-refractivity contribution in [3.8, 4) is 0 Å². The molecule has 1 aliphatic rings. The van der Waals surface area contributed by atoms with E-state index in [9.17, 15) is 4.79 Å². The minimum Gasteiger partial charge on any atom is -0.466 e. The van der Waals surface area contributed by atoms with Gasteiger partial charge in [0.2, 0.25) is 0 Å². The number of hydrogen-bond acceptors (Lipinski definition) is 3. The number of carbonyl (C=O) groups is 1. The van der Waals surface area contributed by atoms with Crippen LogP contribution in [-0.2, 0) is 9.53 Å². The van der Waals surface area contributed by atoms with Crippen LogP contribution in [0.1, 0.15) is 49.7 Å². The van der Waals surface area contributed by atoms with Gasteiger partial charge in [0.1, 0.15) is 0 Å². The van der Waals surface area contributed by atoms with E-state index in [4.69, 9.17) is 22.1 Å². The molecule has 21 heavy (non-hydrogen) atoms. The molecule has 1 saturated carbocycles. The number of carbonyl (C=O) groups excluding carboxylic acids is 1. The average Bonchev–Trinajstić information content (AvgIpc) is 2.43. The van der Waals surface area contributed by atoms with Crippen LogP contribution in [0.15, 0.2) is 18.2 Å². The van der Waals surface area contributed by atoms with Crippen molar-refractivity contribution in [2.75, 3.05) is 6.61 Å². The Morgan fingerprint density at radius 3 is 2.86 bits per heavy atom. The molecule has 1 fully saturated rings. The smallest absolute Gasteiger partial charge is 0.306 e. The number of benzene rings is 1. The lowest BCUT2D eigenvalue weighted by atomic mass is 9.71. The summed E-state index contributed by atoms with van der Waals surface area (Å²) in [6, 6.07) is 6.21. The van der Waals surface area contributed by atoms with Crippen LogP contribution in [-0.4, -0.2) is 18.6 Å². The van der Waals surface area contributed by atoms with E-state index in [0.29, 0.717) is 13.0 Å². The molecule has 0 bridgehead atoms. The van der Waals surface area contributed by atoms with Crippen LogP contribution in [0, 0.1) is 12.8 Å². The summed E-state index contributed by atoms with van der Waals surface area (Å²) < 4.78 is 5.10. The Morgan fingerprint density at radius 1 is 1.43 bits per heavy atom. The minimum absolute atomic E-state index is 0.0805. The second-order valence-corrected chi connectivity index (χ2v) is 6.31. The van der Waals surface area contributed by atoms with Crippen molar-refractivity contribution < 1.29 is 9.53 Å². The first kappa shape index (κ1) is 16.3. The Hall–Kier alpha value is -1.06. The summed E-state index contributed by atoms with van der Waals surface area (Å²) in [7, 11) is 0. The Bertz CT molecular complexity index is 504. The third-order valence-electron chi connectivity index (χ3n) is 4.40. The van der Waals surface area contributed by atoms with E-state index in [1.807, 2.05) is 26.0 Å². The maximum atomic E-state index is 11.8. The second kappa shape index (κ2) is 7.28. The lowest BCUT2D eigenvalue weighted by Gasteiger charge is -2.36. The summed E-state index contributed by atoms with van der Waals surface area (Å²) in [5.41, 5.74) is 8.55. The monoisotopic (exact) mass is 309 g/mol. The highest BCUT2D eigenvalue weighted by atomic mass is 35.5. The number of ether oxygens (including phenoxy) is 1. The molecule has 1 aromatic rings. The predicted molar refractivity (Wildman–Crippen MR) is 85.5 cm³/mol. The van der Waals surface area contributed by atoms with E-state index < -0.39 is 0 Å². The van der Waals surface area contributed by atoms with E-state index >= 15 is 0 Å². The Kier molecular flexibility index (Phi) is 5.65. The van der Waals surface area contributed by atoms with Gasteiger partial charge in [-0.15, -0.1) is 0 Å². The number of esters is 1. The maximum absolute atomic E-state index is 11.8. The normalized spacial score (nSPS) is 25.6. The molecule has 0 heterocycles. The van der Waals surface area contributed by atoms with E-state index in [1.54, 1.807) is 0 Å². The molecule has 2 N–H and O–H groups in total. The summed E-state index contributed by atoms with van der Waals surface area (Å²) in [5.74, 6) is 0.299. The van der Waals surface area contributed by atoms with E-state index in [2.05, 4.69) is 6.07 Å². The molecule has 3 unspecified atom stereocenters. The summed E-state index contributed by atoms with van der Waals surface area (Å²) in [6.07, 6.45) is 3.52. The number of aryl methyl sites for hydroxylation is 1. The fourth-order valence-electron chi connectivity index (χ4n) is 3.32. The zero-order valence-electron chi connectivity index (χ0n) is 12.8. The van der Waals surface area contributed by atoms with Gasteiger partial charge in [0, 0.05) is 23.4 Å². The van der Waals surface area contributed by atoms with Crippen molar-refractivity contribution in [3.63, 3.8) is 0 Å². The summed E-state index contributed by atoms with van der Waals surface area (Å²) >= 11 is 6.25. The minimum atomic E-state index is -0.125. The number of hydrogen-bond donors (Lipinski definition) is 1. The third-order valence-corrected chi connectivity index (χ3v) is 4.80. The van der Waals surface area contributed by atoms with Gasteiger partial charge in [-0.3, -0.25) is 4.79 Å². The van der Waals surface area contributed by atoms with Crippen molar-refractivity contribution in [2.24, 2.45) is 11.7 Å². The molecular weight excluding hydrogens is 286 g/mol. The van der Waals surface area contributed by atoms with E-state index in [1.165, 1.54) is 0 Å². The van der Waals surface area contributed by atoms with Gasteiger partial charge < -0.3 is 10.5 Å². The number of rotatable bonds is 4. The fourth-order valence-corrected chi connectivity index (χ4v) is 3.51. The van der Waals surface area contributed by atoms with E-state index in [0.717, 1.165) is 35.4 Å². The van der Waals surface area contributed by atoms with Crippen molar-refractivity contribution in [1.82, 2.24) is 0 Å². The first-order valence-electron chi connectivity index (χ1n) is 7.70. The highest BCUT2D eigenvalue weighted by molar-refractivity contribution is 6.31. The molecule has 4 heteroatoms. The van der Waals surface area contributed by atoms with E-state index in [-0.39, 0.29) is 23.8 Å². The van der Waals surface area contributed by atoms with Crippen LogP contribution in [0.25, 0.3) is 0 Å². The van der Waals surface area contributed by atoms with Gasteiger partial charge in [-0.1, -0.05) is 30.2 Å². The molecule has 0 amide bonds. The van der Waals surface area contributed by atoms with Gasteiger partial charge in [0.15, 0.2) is 0 Å². The lowest BCUT2D eigenvalue weighted by molar-refractivity contribution is -0.144. The van der Waals surface area contributed by atoms with Crippen LogP contribution < -0.4 is 5.73 Å². The quantitative estimate of drug-likeness (QED) is 0.860. The zero-order valence-corrected chi connectivity index (χ0v) is 13.5. The van der Waals surface area contributed by atoms with Gasteiger partial charge in [0.05, 0.1) is 6.61 Å². The summed E-state index contributed by atoms with van der Waals surface area (Å²) in [4.78, 5) is 11.8. The SMILES string of the molecule is CCOC(=O)CC1CCCC(N)C1c1ccc(C)c(Cl)c1. The number of nitrogens with two attached hydrogens (primary N) is 1. The molecule has 2 rings (SSSR count). The van der Waals surface area contributed by atoms with Crippen molar-refractivity contribution in [3.05, 3.63) is 34.3 Å². The van der Waals surface area contributed by atoms with Gasteiger partial charge in [-0.05, 0) is 49.8 Å². The molecule has 0 radical (unpaired) electrons. The molecule has 0 saturated heterocycles. The largest absolute Gasteiger partial charge is 0.466 e. The molecule has 116 valence electrons. The average molecular weight is 310 g/mol. The third kappa shape index (κ3) is 3.98. The molecule has 3 atom stereocenters. The first-order valence-corrected chi connectivity index (χ1v) is 8.08. The van der Waals surface area contributed by atoms with Gasteiger partial charge in [0.25, 0.3) is 0 Å². The fraction of sp³-hybridized carbons (Fsp3) is 0.588. The first-order chi connectivity index (χ1) is 10.0. The summed E-state index contributed by atoms with van der Waals surface area (Å²) in [6.45, 7) is 4.25. The highest BCUT2D eigenvalue weighted by Crippen LogP contribution is 2.40. The Labute approximate surface area is 131 Å². The van der Waals surface area contributed by atoms with Crippen LogP contribution in [0.4, 0.5) is 0 Å². The van der Waals surface area contributed by atoms with Crippen molar-refractivity contribution >= 4 is 17.6 Å². The lowest BCUT2D eigenvalue weighted by Crippen LogP contribution is -2.38. The Balaban J connectivity index is 2.21. The van der Waals surface area contributed by atoms with Gasteiger partial charge in [-0.2, -0.15) is 0 Å². The van der Waals surface area contributed by atoms with Crippen LogP contribution >= 0.6 is 11.6 Å². The topological polar surface area (TPSA) is 52.3 Å². The number of halogens is 1. The van der Waals surface area contributed by atoms with Crippen molar-refractivity contribution in [2.45, 2.75) is 51.5 Å². The molecule has 0 spiro atoms. The van der Waals surface area contributed by atoms with Crippen LogP contribution in [0.5, 0.6) is 0 Å². The highest BCUT2D eigenvalue weighted by Gasteiger charge is 2.34. The van der Waals surface area contributed by atoms with Gasteiger partial charge in [-0.25, -0.2) is 0 Å². The van der Waals surface area contributed by atoms with Crippen LogP contribution in [0.2, 0.25) is 5.02 Å². The zero-order chi connectivity index (χ0) is 15.4. The van der Waals surface area contributed by atoms with Crippen molar-refractivity contribution in [1.29, 1.82) is 0 Å². The molecular formula is C17H24ClNO2. The molecule has 1 aromatic carbocycles. The van der Waals surface area contributed by atoms with Gasteiger partial charge >= 0.3 is 5.97 Å². The molecule has 1 aliphatic carbocycles. The predicted octanol–water partition coefficient (Wildman–Crippen LogP) is 3.81. The Morgan fingerprint density at radius 2 is 2.19 bits per heavy atom. The summed E-state index contributed by atoms with van der Waals surface area (Å²) in [5, 5.41) is 0.764. The second-order valence-electron chi connectivity index (χ2n) is 5.90. The van der Waals surface area contributed by atoms with Crippen LogP contribution in [0.3, 0.4) is 0 Å². The maximum Gasteiger partial charge on any atom is 0.306 e. The standard InChI is InChI=1S/C17H24ClNO2/c1-3-21-16(20)10-12-5-4-6-15(19)17(12)13-8-7-11(2)14(18)9-13/h7-9,12,15,17H,3-6,10,19H2,1-2H3. The molecule has 0 aromatic heterocycles. The molecule has 0 aliphatic heterocycles. The molecule has 3 nitrogen and oxygen atoms in total.